The fraction of sp³-hybridized carbons (Fsp3) is 0.211. The number of fused-ring (bicyclic) bond motifs is 2. The highest BCUT2D eigenvalue weighted by Gasteiger charge is 2.22. The lowest BCUT2D eigenvalue weighted by atomic mass is 9.98. The molecule has 4 N–H and O–H groups in total. The summed E-state index contributed by atoms with van der Waals surface area (Å²) in [5, 5.41) is 0. The monoisotopic (exact) mass is 296 g/mol. The second-order valence-electron chi connectivity index (χ2n) is 4.62. The number of carbonyl (C=O) groups is 1. The molecule has 0 atom stereocenters. The summed E-state index contributed by atoms with van der Waals surface area (Å²) in [6.07, 6.45) is 1.62. The van der Waals surface area contributed by atoms with E-state index >= 15 is 0 Å². The second kappa shape index (κ2) is 8.03. The van der Waals surface area contributed by atoms with Crippen molar-refractivity contribution in [1.29, 1.82) is 0 Å². The van der Waals surface area contributed by atoms with Crippen LogP contribution in [0.1, 0.15) is 40.9 Å². The van der Waals surface area contributed by atoms with Crippen LogP contribution in [0.5, 0.6) is 0 Å². The lowest BCUT2D eigenvalue weighted by Gasteiger charge is -2.07. The minimum absolute atomic E-state index is 0.0251. The number of rotatable bonds is 0. The van der Waals surface area contributed by atoms with E-state index in [1.54, 1.807) is 6.07 Å². The molecule has 0 saturated heterocycles. The van der Waals surface area contributed by atoms with Gasteiger partial charge in [-0.1, -0.05) is 32.0 Å². The topological polar surface area (TPSA) is 69.1 Å². The van der Waals surface area contributed by atoms with Crippen LogP contribution in [-0.2, 0) is 12.8 Å². The highest BCUT2D eigenvalue weighted by Crippen LogP contribution is 2.28. The smallest absolute Gasteiger partial charge is 0.193 e. The summed E-state index contributed by atoms with van der Waals surface area (Å²) >= 11 is 0. The molecule has 3 rings (SSSR count). The van der Waals surface area contributed by atoms with Crippen LogP contribution in [0, 0.1) is 0 Å². The Hall–Kier alpha value is -2.55. The zero-order chi connectivity index (χ0) is 16.7. The van der Waals surface area contributed by atoms with Crippen LogP contribution in [-0.4, -0.2) is 5.78 Å². The molecule has 0 aliphatic heterocycles. The fourth-order valence-electron chi connectivity index (χ4n) is 2.52. The third kappa shape index (κ3) is 3.37. The molecule has 22 heavy (non-hydrogen) atoms. The van der Waals surface area contributed by atoms with Crippen LogP contribution in [0.4, 0.5) is 11.4 Å². The third-order valence-electron chi connectivity index (χ3n) is 3.48. The van der Waals surface area contributed by atoms with Crippen LogP contribution < -0.4 is 11.5 Å². The molecule has 0 spiro atoms. The van der Waals surface area contributed by atoms with Gasteiger partial charge in [0.05, 0.1) is 0 Å². The van der Waals surface area contributed by atoms with Crippen LogP contribution in [0.25, 0.3) is 0 Å². The van der Waals surface area contributed by atoms with Crippen molar-refractivity contribution in [3.8, 4) is 0 Å². The average Bonchev–Trinajstić information content (AvgIpc) is 2.70. The van der Waals surface area contributed by atoms with Crippen LogP contribution in [0.2, 0.25) is 0 Å². The first-order chi connectivity index (χ1) is 10.7. The van der Waals surface area contributed by atoms with Crippen LogP contribution in [0.15, 0.2) is 49.6 Å². The predicted octanol–water partition coefficient (Wildman–Crippen LogP) is 4.01. The van der Waals surface area contributed by atoms with Gasteiger partial charge in [-0.25, -0.2) is 0 Å². The first-order valence-electron chi connectivity index (χ1n) is 7.47. The van der Waals surface area contributed by atoms with E-state index in [-0.39, 0.29) is 5.78 Å². The van der Waals surface area contributed by atoms with Crippen molar-refractivity contribution in [3.63, 3.8) is 0 Å². The first-order valence-corrected chi connectivity index (χ1v) is 7.47. The minimum atomic E-state index is 0.0251. The summed E-state index contributed by atoms with van der Waals surface area (Å²) in [4.78, 5) is 12.5. The largest absolute Gasteiger partial charge is 0.399 e. The van der Waals surface area contributed by atoms with Crippen molar-refractivity contribution in [1.82, 2.24) is 0 Å². The van der Waals surface area contributed by atoms with E-state index in [2.05, 4.69) is 13.2 Å². The molecule has 0 amide bonds. The van der Waals surface area contributed by atoms with Crippen molar-refractivity contribution >= 4 is 17.2 Å². The molecule has 0 radical (unpaired) electrons. The van der Waals surface area contributed by atoms with Crippen molar-refractivity contribution in [2.45, 2.75) is 26.7 Å². The van der Waals surface area contributed by atoms with Gasteiger partial charge < -0.3 is 11.5 Å². The molecule has 3 heteroatoms. The highest BCUT2D eigenvalue weighted by molar-refractivity contribution is 6.12. The molecule has 1 aliphatic carbocycles. The van der Waals surface area contributed by atoms with Gasteiger partial charge in [0.2, 0.25) is 0 Å². The zero-order valence-corrected chi connectivity index (χ0v) is 13.4. The highest BCUT2D eigenvalue weighted by atomic mass is 16.1. The summed E-state index contributed by atoms with van der Waals surface area (Å²) in [6, 6.07) is 11.0. The molecule has 0 heterocycles. The number of aryl methyl sites for hydroxylation is 1. The molecule has 0 unspecified atom stereocenters. The normalized spacial score (nSPS) is 11.6. The summed E-state index contributed by atoms with van der Waals surface area (Å²) in [6.45, 7) is 10.0. The number of nitrogens with two attached hydrogens (primary N) is 2. The van der Waals surface area contributed by atoms with Crippen LogP contribution >= 0.6 is 0 Å². The van der Waals surface area contributed by atoms with Gasteiger partial charge in [0.25, 0.3) is 0 Å². The van der Waals surface area contributed by atoms with E-state index in [4.69, 9.17) is 11.5 Å². The number of hydrogen-bond acceptors (Lipinski definition) is 3. The molecule has 0 saturated carbocycles. The lowest BCUT2D eigenvalue weighted by Crippen LogP contribution is -2.06. The Balaban J connectivity index is 0.000000561. The molecule has 0 aromatic heterocycles. The Kier molecular flexibility index (Phi) is 6.39. The Morgan fingerprint density at radius 2 is 1.64 bits per heavy atom. The third-order valence-corrected chi connectivity index (χ3v) is 3.48. The molecule has 116 valence electrons. The molecule has 0 fully saturated rings. The van der Waals surface area contributed by atoms with Gasteiger partial charge in [0.15, 0.2) is 5.78 Å². The summed E-state index contributed by atoms with van der Waals surface area (Å²) in [7, 11) is 0. The minimum Gasteiger partial charge on any atom is -0.399 e. The van der Waals surface area contributed by atoms with E-state index in [1.165, 1.54) is 0 Å². The molecular formula is C19H24N2O. The van der Waals surface area contributed by atoms with E-state index in [1.807, 2.05) is 44.2 Å². The first kappa shape index (κ1) is 17.5. The fourth-order valence-corrected chi connectivity index (χ4v) is 2.52. The van der Waals surface area contributed by atoms with Gasteiger partial charge in [0, 0.05) is 22.5 Å². The molecule has 2 aromatic carbocycles. The second-order valence-corrected chi connectivity index (χ2v) is 4.62. The standard InChI is InChI=1S/C15H14N2O.C2H6.C2H4/c16-10-6-4-9-5-7-11-12(2-1-3-14(11)17)15(18)13(9)8-10;2*1-2/h1-4,6,8H,5,7,16-17H2;1-2H3;1-2H2. The molecular weight excluding hydrogens is 272 g/mol. The summed E-state index contributed by atoms with van der Waals surface area (Å²) in [5.74, 6) is 0.0251. The van der Waals surface area contributed by atoms with E-state index in [0.717, 1.165) is 24.0 Å². The lowest BCUT2D eigenvalue weighted by molar-refractivity contribution is 0.103. The maximum Gasteiger partial charge on any atom is 0.193 e. The van der Waals surface area contributed by atoms with E-state index in [0.29, 0.717) is 22.5 Å². The molecule has 0 bridgehead atoms. The number of anilines is 2. The molecule has 1 aliphatic rings. The van der Waals surface area contributed by atoms with Gasteiger partial charge in [-0.3, -0.25) is 4.79 Å². The SMILES string of the molecule is C=C.CC.Nc1ccc2c(c1)C(=O)c1cccc(N)c1CC2. The van der Waals surface area contributed by atoms with Gasteiger partial charge in [-0.15, -0.1) is 13.2 Å². The van der Waals surface area contributed by atoms with E-state index in [9.17, 15) is 4.79 Å². The van der Waals surface area contributed by atoms with Gasteiger partial charge >= 0.3 is 0 Å². The Morgan fingerprint density at radius 1 is 0.955 bits per heavy atom. The van der Waals surface area contributed by atoms with Crippen LogP contribution in [0.3, 0.4) is 0 Å². The van der Waals surface area contributed by atoms with E-state index < -0.39 is 0 Å². The Morgan fingerprint density at radius 3 is 2.32 bits per heavy atom. The number of hydrogen-bond donors (Lipinski definition) is 2. The number of benzene rings is 2. The summed E-state index contributed by atoms with van der Waals surface area (Å²) < 4.78 is 0. The van der Waals surface area contributed by atoms with Gasteiger partial charge in [-0.2, -0.15) is 0 Å². The predicted molar refractivity (Wildman–Crippen MR) is 95.2 cm³/mol. The van der Waals surface area contributed by atoms with Gasteiger partial charge in [-0.05, 0) is 42.2 Å². The number of ketones is 1. The summed E-state index contributed by atoms with van der Waals surface area (Å²) in [5.41, 5.74) is 16.5. The van der Waals surface area contributed by atoms with Crippen molar-refractivity contribution in [2.24, 2.45) is 0 Å². The Labute approximate surface area is 132 Å². The number of nitrogen functional groups attached to an aromatic ring is 2. The maximum absolute atomic E-state index is 12.5. The number of carbonyl (C=O) groups excluding carboxylic acids is 1. The van der Waals surface area contributed by atoms with Gasteiger partial charge in [0.1, 0.15) is 0 Å². The molecule has 3 nitrogen and oxygen atoms in total. The zero-order valence-electron chi connectivity index (χ0n) is 13.4. The van der Waals surface area contributed by atoms with Crippen molar-refractivity contribution in [3.05, 3.63) is 71.8 Å². The molecule has 2 aromatic rings. The quantitative estimate of drug-likeness (QED) is 0.570. The average molecular weight is 296 g/mol. The van der Waals surface area contributed by atoms with Crippen molar-refractivity contribution < 1.29 is 4.79 Å². The Bertz CT molecular complexity index is 658. The maximum atomic E-state index is 12.5. The van der Waals surface area contributed by atoms with Crippen molar-refractivity contribution in [2.75, 3.05) is 11.5 Å².